The van der Waals surface area contributed by atoms with Crippen LogP contribution in [-0.4, -0.2) is 45.8 Å². The first kappa shape index (κ1) is 18.2. The number of benzene rings is 1. The average Bonchev–Trinajstić information content (AvgIpc) is 2.62. The smallest absolute Gasteiger partial charge is 0.250 e. The Bertz CT molecular complexity index is 832. The second-order valence-electron chi connectivity index (χ2n) is 6.92. The summed E-state index contributed by atoms with van der Waals surface area (Å²) in [5.41, 5.74) is -0.210. The van der Waals surface area contributed by atoms with E-state index in [2.05, 4.69) is 0 Å². The van der Waals surface area contributed by atoms with Crippen molar-refractivity contribution < 1.29 is 14.6 Å². The molecule has 2 heterocycles. The van der Waals surface area contributed by atoms with E-state index in [0.717, 1.165) is 5.56 Å². The number of likely N-dealkylation sites (tertiary alicyclic amines) is 1. The van der Waals surface area contributed by atoms with Gasteiger partial charge in [0.25, 0.3) is 5.56 Å². The molecular formula is C20H24N2O4. The van der Waals surface area contributed by atoms with Crippen LogP contribution >= 0.6 is 0 Å². The number of aliphatic hydroxyl groups is 1. The van der Waals surface area contributed by atoms with E-state index < -0.39 is 5.60 Å². The fourth-order valence-corrected chi connectivity index (χ4v) is 3.20. The zero-order valence-electron chi connectivity index (χ0n) is 14.9. The van der Waals surface area contributed by atoms with Crippen LogP contribution in [0, 0.1) is 6.92 Å². The number of aromatic nitrogens is 1. The number of β-amino-alcohol motifs (C(OH)–C–C–N with tert-alkyl or cyclic N) is 1. The number of hydrogen-bond acceptors (Lipinski definition) is 4. The van der Waals surface area contributed by atoms with Gasteiger partial charge >= 0.3 is 0 Å². The molecule has 6 heteroatoms. The van der Waals surface area contributed by atoms with Gasteiger partial charge in [-0.2, -0.15) is 0 Å². The molecular weight excluding hydrogens is 332 g/mol. The molecule has 1 aromatic carbocycles. The highest BCUT2D eigenvalue weighted by atomic mass is 16.5. The van der Waals surface area contributed by atoms with Crippen LogP contribution in [0.25, 0.3) is 0 Å². The van der Waals surface area contributed by atoms with E-state index >= 15 is 0 Å². The molecule has 0 radical (unpaired) electrons. The summed E-state index contributed by atoms with van der Waals surface area (Å²) in [7, 11) is 0. The summed E-state index contributed by atoms with van der Waals surface area (Å²) in [6.45, 7) is 2.88. The normalized spacial score (nSPS) is 20.0. The lowest BCUT2D eigenvalue weighted by molar-refractivity contribution is -0.140. The predicted octanol–water partition coefficient (Wildman–Crippen LogP) is 1.59. The van der Waals surface area contributed by atoms with E-state index in [9.17, 15) is 14.7 Å². The lowest BCUT2D eigenvalue weighted by Crippen LogP contribution is -2.54. The molecule has 6 nitrogen and oxygen atoms in total. The average molecular weight is 356 g/mol. The zero-order valence-corrected chi connectivity index (χ0v) is 14.9. The first-order chi connectivity index (χ1) is 12.5. The third-order valence-corrected chi connectivity index (χ3v) is 4.61. The Morgan fingerprint density at radius 1 is 1.27 bits per heavy atom. The molecule has 0 saturated carbocycles. The van der Waals surface area contributed by atoms with Crippen LogP contribution in [0.15, 0.2) is 53.5 Å². The molecule has 1 atom stereocenters. The fourth-order valence-electron chi connectivity index (χ4n) is 3.20. The maximum Gasteiger partial charge on any atom is 0.250 e. The second kappa shape index (κ2) is 7.74. The SMILES string of the molecule is Cc1cccc(OCC2(O)CCCN(C(=O)Cn3ccccc3=O)C2)c1. The van der Waals surface area contributed by atoms with Gasteiger partial charge in [-0.25, -0.2) is 0 Å². The molecule has 2 aromatic rings. The van der Waals surface area contributed by atoms with Gasteiger partial charge in [-0.3, -0.25) is 9.59 Å². The highest BCUT2D eigenvalue weighted by Crippen LogP contribution is 2.23. The first-order valence-corrected chi connectivity index (χ1v) is 8.80. The minimum atomic E-state index is -1.08. The number of rotatable bonds is 5. The van der Waals surface area contributed by atoms with Crippen molar-refractivity contribution in [3.8, 4) is 5.75 Å². The molecule has 1 N–H and O–H groups in total. The van der Waals surface area contributed by atoms with Gasteiger partial charge in [0.05, 0.1) is 6.54 Å². The van der Waals surface area contributed by atoms with Crippen molar-refractivity contribution in [3.05, 3.63) is 64.6 Å². The zero-order chi connectivity index (χ0) is 18.6. The monoisotopic (exact) mass is 356 g/mol. The van der Waals surface area contributed by atoms with Crippen LogP contribution in [-0.2, 0) is 11.3 Å². The molecule has 1 amide bonds. The minimum Gasteiger partial charge on any atom is -0.491 e. The molecule has 138 valence electrons. The predicted molar refractivity (Wildman–Crippen MR) is 98.1 cm³/mol. The summed E-state index contributed by atoms with van der Waals surface area (Å²) >= 11 is 0. The highest BCUT2D eigenvalue weighted by molar-refractivity contribution is 5.76. The van der Waals surface area contributed by atoms with E-state index in [1.165, 1.54) is 10.6 Å². The Morgan fingerprint density at radius 3 is 2.88 bits per heavy atom. The number of hydrogen-bond donors (Lipinski definition) is 1. The Balaban J connectivity index is 1.61. The number of aryl methyl sites for hydroxylation is 1. The van der Waals surface area contributed by atoms with Gasteiger partial charge in [-0.15, -0.1) is 0 Å². The van der Waals surface area contributed by atoms with E-state index in [0.29, 0.717) is 25.1 Å². The molecule has 0 aliphatic carbocycles. The summed E-state index contributed by atoms with van der Waals surface area (Å²) < 4.78 is 7.13. The van der Waals surface area contributed by atoms with E-state index in [1.807, 2.05) is 31.2 Å². The maximum atomic E-state index is 12.5. The number of amides is 1. The Morgan fingerprint density at radius 2 is 2.12 bits per heavy atom. The van der Waals surface area contributed by atoms with Gasteiger partial charge in [-0.1, -0.05) is 18.2 Å². The molecule has 0 bridgehead atoms. The topological polar surface area (TPSA) is 71.8 Å². The third kappa shape index (κ3) is 4.52. The fraction of sp³-hybridized carbons (Fsp3) is 0.400. The van der Waals surface area contributed by atoms with E-state index in [4.69, 9.17) is 4.74 Å². The second-order valence-corrected chi connectivity index (χ2v) is 6.92. The largest absolute Gasteiger partial charge is 0.491 e. The van der Waals surface area contributed by atoms with Crippen molar-refractivity contribution in [2.24, 2.45) is 0 Å². The Hall–Kier alpha value is -2.60. The molecule has 26 heavy (non-hydrogen) atoms. The molecule has 1 aliphatic heterocycles. The molecule has 1 unspecified atom stereocenters. The summed E-state index contributed by atoms with van der Waals surface area (Å²) in [6.07, 6.45) is 2.87. The van der Waals surface area contributed by atoms with Crippen molar-refractivity contribution in [3.63, 3.8) is 0 Å². The number of carbonyl (C=O) groups excluding carboxylic acids is 1. The van der Waals surface area contributed by atoms with Gasteiger partial charge in [-0.05, 0) is 43.5 Å². The molecule has 0 spiro atoms. The lowest BCUT2D eigenvalue weighted by atomic mass is 9.93. The molecule has 3 rings (SSSR count). The van der Waals surface area contributed by atoms with Crippen LogP contribution in [0.2, 0.25) is 0 Å². The first-order valence-electron chi connectivity index (χ1n) is 8.80. The minimum absolute atomic E-state index is 0.0194. The van der Waals surface area contributed by atoms with Crippen LogP contribution in [0.4, 0.5) is 0 Å². The molecule has 1 aromatic heterocycles. The molecule has 1 aliphatic rings. The van der Waals surface area contributed by atoms with Gasteiger partial charge in [0.2, 0.25) is 5.91 Å². The summed E-state index contributed by atoms with van der Waals surface area (Å²) in [4.78, 5) is 25.9. The van der Waals surface area contributed by atoms with Gasteiger partial charge < -0.3 is 19.3 Å². The summed E-state index contributed by atoms with van der Waals surface area (Å²) in [5.74, 6) is 0.532. The van der Waals surface area contributed by atoms with E-state index in [1.54, 1.807) is 23.2 Å². The van der Waals surface area contributed by atoms with E-state index in [-0.39, 0.29) is 31.2 Å². The van der Waals surface area contributed by atoms with Crippen LogP contribution in [0.3, 0.4) is 0 Å². The quantitative estimate of drug-likeness (QED) is 0.883. The molecule has 1 fully saturated rings. The van der Waals surface area contributed by atoms with Crippen molar-refractivity contribution in [2.45, 2.75) is 31.9 Å². The highest BCUT2D eigenvalue weighted by Gasteiger charge is 2.36. The Kier molecular flexibility index (Phi) is 5.42. The number of pyridine rings is 1. The molecule has 1 saturated heterocycles. The summed E-state index contributed by atoms with van der Waals surface area (Å²) in [5, 5.41) is 10.9. The standard InChI is InChI=1S/C20H24N2O4/c1-16-6-4-7-17(12-16)26-15-20(25)9-5-11-22(14-20)19(24)13-21-10-3-2-8-18(21)23/h2-4,6-8,10,12,25H,5,9,11,13-15H2,1H3. The Labute approximate surface area is 152 Å². The van der Waals surface area contributed by atoms with Gasteiger partial charge in [0, 0.05) is 18.8 Å². The van der Waals surface area contributed by atoms with Gasteiger partial charge in [0.1, 0.15) is 24.5 Å². The number of piperidine rings is 1. The third-order valence-electron chi connectivity index (χ3n) is 4.61. The van der Waals surface area contributed by atoms with Crippen LogP contribution < -0.4 is 10.3 Å². The van der Waals surface area contributed by atoms with Crippen LogP contribution in [0.1, 0.15) is 18.4 Å². The van der Waals surface area contributed by atoms with Crippen LogP contribution in [0.5, 0.6) is 5.75 Å². The van der Waals surface area contributed by atoms with Gasteiger partial charge in [0.15, 0.2) is 0 Å². The summed E-state index contributed by atoms with van der Waals surface area (Å²) in [6, 6.07) is 12.4. The number of carbonyl (C=O) groups is 1. The lowest BCUT2D eigenvalue weighted by Gasteiger charge is -2.39. The maximum absolute atomic E-state index is 12.5. The van der Waals surface area contributed by atoms with Crippen molar-refractivity contribution >= 4 is 5.91 Å². The number of ether oxygens (including phenoxy) is 1. The number of nitrogens with zero attached hydrogens (tertiary/aromatic N) is 2. The van der Waals surface area contributed by atoms with Crippen molar-refractivity contribution in [1.29, 1.82) is 0 Å². The van der Waals surface area contributed by atoms with Crippen molar-refractivity contribution in [2.75, 3.05) is 19.7 Å². The van der Waals surface area contributed by atoms with Crippen molar-refractivity contribution in [1.82, 2.24) is 9.47 Å².